The summed E-state index contributed by atoms with van der Waals surface area (Å²) in [5.74, 6) is 6.88. The molecule has 1 atom stereocenters. The van der Waals surface area contributed by atoms with Crippen molar-refractivity contribution in [1.29, 1.82) is 0 Å². The van der Waals surface area contributed by atoms with E-state index in [1.807, 2.05) is 42.5 Å². The van der Waals surface area contributed by atoms with Gasteiger partial charge in [-0.05, 0) is 49.1 Å². The van der Waals surface area contributed by atoms with E-state index in [2.05, 4.69) is 37.0 Å². The fourth-order valence-corrected chi connectivity index (χ4v) is 3.35. The second-order valence-electron chi connectivity index (χ2n) is 6.88. The summed E-state index contributed by atoms with van der Waals surface area (Å²) in [5.41, 5.74) is 2.30. The number of hydrogen-bond donors (Lipinski definition) is 1. The first-order valence-corrected chi connectivity index (χ1v) is 9.63. The standard InChI is InChI=1S/C23H21N5O/c29-23(19-6-4-14-28(17-19)22-16-24-12-13-26-22)27-21-8-3-5-18(15-21)9-10-20-7-1-2-11-25-20/h1-3,5,7-8,11-13,15-16,19H,4,6,14,17H2,(H,27,29). The average Bonchev–Trinajstić information content (AvgIpc) is 2.79. The van der Waals surface area contributed by atoms with Gasteiger partial charge in [-0.25, -0.2) is 9.97 Å². The Balaban J connectivity index is 1.41. The van der Waals surface area contributed by atoms with Gasteiger partial charge in [0, 0.05) is 42.9 Å². The molecule has 1 aliphatic rings. The molecule has 0 spiro atoms. The molecule has 6 nitrogen and oxygen atoms in total. The Kier molecular flexibility index (Phi) is 5.77. The molecule has 4 rings (SSSR count). The molecule has 1 fully saturated rings. The number of amides is 1. The third-order valence-corrected chi connectivity index (χ3v) is 4.80. The fraction of sp³-hybridized carbons (Fsp3) is 0.217. The highest BCUT2D eigenvalue weighted by molar-refractivity contribution is 5.93. The van der Waals surface area contributed by atoms with Gasteiger partial charge in [0.15, 0.2) is 0 Å². The van der Waals surface area contributed by atoms with E-state index in [4.69, 9.17) is 0 Å². The van der Waals surface area contributed by atoms with Crippen LogP contribution in [0, 0.1) is 17.8 Å². The van der Waals surface area contributed by atoms with Gasteiger partial charge in [-0.3, -0.25) is 9.78 Å². The number of hydrogen-bond acceptors (Lipinski definition) is 5. The number of carbonyl (C=O) groups excluding carboxylic acids is 1. The minimum atomic E-state index is -0.0889. The van der Waals surface area contributed by atoms with Gasteiger partial charge < -0.3 is 10.2 Å². The van der Waals surface area contributed by atoms with Gasteiger partial charge in [-0.15, -0.1) is 0 Å². The molecule has 0 saturated carbocycles. The van der Waals surface area contributed by atoms with Crippen LogP contribution in [0.3, 0.4) is 0 Å². The van der Waals surface area contributed by atoms with E-state index < -0.39 is 0 Å². The monoisotopic (exact) mass is 383 g/mol. The zero-order valence-electron chi connectivity index (χ0n) is 16.0. The van der Waals surface area contributed by atoms with Crippen molar-refractivity contribution in [3.05, 3.63) is 78.5 Å². The third-order valence-electron chi connectivity index (χ3n) is 4.80. The van der Waals surface area contributed by atoms with E-state index in [1.54, 1.807) is 24.8 Å². The second kappa shape index (κ2) is 8.98. The van der Waals surface area contributed by atoms with Crippen LogP contribution in [0.15, 0.2) is 67.3 Å². The lowest BCUT2D eigenvalue weighted by Crippen LogP contribution is -2.41. The van der Waals surface area contributed by atoms with Crippen LogP contribution < -0.4 is 10.2 Å². The zero-order valence-corrected chi connectivity index (χ0v) is 16.0. The molecular weight excluding hydrogens is 362 g/mol. The van der Waals surface area contributed by atoms with Crippen LogP contribution in [0.1, 0.15) is 24.1 Å². The lowest BCUT2D eigenvalue weighted by atomic mass is 9.97. The molecule has 1 aliphatic heterocycles. The number of rotatable bonds is 3. The highest BCUT2D eigenvalue weighted by Gasteiger charge is 2.26. The molecule has 0 radical (unpaired) electrons. The third kappa shape index (κ3) is 4.96. The van der Waals surface area contributed by atoms with Crippen LogP contribution in [0.4, 0.5) is 11.5 Å². The second-order valence-corrected chi connectivity index (χ2v) is 6.88. The number of aromatic nitrogens is 3. The highest BCUT2D eigenvalue weighted by Crippen LogP contribution is 2.22. The SMILES string of the molecule is O=C(Nc1cccc(C#Cc2ccccn2)c1)C1CCCN(c2cnccn2)C1. The Bertz CT molecular complexity index is 1030. The number of piperidine rings is 1. The molecule has 3 aromatic rings. The Hall–Kier alpha value is -3.72. The van der Waals surface area contributed by atoms with Crippen molar-refractivity contribution in [3.8, 4) is 11.8 Å². The predicted octanol–water partition coefficient (Wildman–Crippen LogP) is 3.13. The lowest BCUT2D eigenvalue weighted by Gasteiger charge is -2.32. The summed E-state index contributed by atoms with van der Waals surface area (Å²) >= 11 is 0. The number of anilines is 2. The molecule has 0 aliphatic carbocycles. The van der Waals surface area contributed by atoms with Crippen LogP contribution in [0.2, 0.25) is 0 Å². The predicted molar refractivity (Wildman–Crippen MR) is 112 cm³/mol. The van der Waals surface area contributed by atoms with E-state index in [0.29, 0.717) is 12.2 Å². The quantitative estimate of drug-likeness (QED) is 0.704. The van der Waals surface area contributed by atoms with E-state index in [0.717, 1.165) is 36.5 Å². The maximum Gasteiger partial charge on any atom is 0.229 e. The molecule has 1 saturated heterocycles. The van der Waals surface area contributed by atoms with Crippen molar-refractivity contribution in [2.75, 3.05) is 23.3 Å². The van der Waals surface area contributed by atoms with Gasteiger partial charge >= 0.3 is 0 Å². The van der Waals surface area contributed by atoms with Crippen molar-refractivity contribution >= 4 is 17.4 Å². The Morgan fingerprint density at radius 2 is 2.03 bits per heavy atom. The Morgan fingerprint density at radius 3 is 2.86 bits per heavy atom. The Morgan fingerprint density at radius 1 is 1.07 bits per heavy atom. The molecule has 3 heterocycles. The van der Waals surface area contributed by atoms with E-state index in [9.17, 15) is 4.79 Å². The van der Waals surface area contributed by atoms with Crippen LogP contribution in [-0.2, 0) is 4.79 Å². The summed E-state index contributed by atoms with van der Waals surface area (Å²) < 4.78 is 0. The summed E-state index contributed by atoms with van der Waals surface area (Å²) in [6.45, 7) is 1.53. The van der Waals surface area contributed by atoms with Gasteiger partial charge in [0.1, 0.15) is 11.5 Å². The van der Waals surface area contributed by atoms with Gasteiger partial charge in [0.25, 0.3) is 0 Å². The van der Waals surface area contributed by atoms with Crippen LogP contribution in [0.5, 0.6) is 0 Å². The summed E-state index contributed by atoms with van der Waals surface area (Å²) in [7, 11) is 0. The van der Waals surface area contributed by atoms with Crippen molar-refractivity contribution in [2.45, 2.75) is 12.8 Å². The number of nitrogens with zero attached hydrogens (tertiary/aromatic N) is 4. The number of carbonyl (C=O) groups is 1. The summed E-state index contributed by atoms with van der Waals surface area (Å²) in [5, 5.41) is 3.04. The molecule has 1 amide bonds. The van der Waals surface area contributed by atoms with Gasteiger partial charge in [-0.2, -0.15) is 0 Å². The number of benzene rings is 1. The maximum atomic E-state index is 12.8. The summed E-state index contributed by atoms with van der Waals surface area (Å²) in [6.07, 6.45) is 8.60. The fourth-order valence-electron chi connectivity index (χ4n) is 3.35. The maximum absolute atomic E-state index is 12.8. The van der Waals surface area contributed by atoms with Crippen molar-refractivity contribution in [3.63, 3.8) is 0 Å². The van der Waals surface area contributed by atoms with Crippen molar-refractivity contribution in [1.82, 2.24) is 15.0 Å². The first-order valence-electron chi connectivity index (χ1n) is 9.63. The van der Waals surface area contributed by atoms with E-state index in [-0.39, 0.29) is 11.8 Å². The minimum absolute atomic E-state index is 0.0217. The summed E-state index contributed by atoms with van der Waals surface area (Å²) in [4.78, 5) is 27.6. The molecule has 0 bridgehead atoms. The van der Waals surface area contributed by atoms with Gasteiger partial charge in [-0.1, -0.05) is 18.1 Å². The molecule has 1 aromatic carbocycles. The average molecular weight is 383 g/mol. The van der Waals surface area contributed by atoms with Crippen LogP contribution in [0.25, 0.3) is 0 Å². The lowest BCUT2D eigenvalue weighted by molar-refractivity contribution is -0.120. The van der Waals surface area contributed by atoms with Gasteiger partial charge in [0.2, 0.25) is 5.91 Å². The molecule has 2 aromatic heterocycles. The summed E-state index contributed by atoms with van der Waals surface area (Å²) in [6, 6.07) is 13.2. The molecule has 144 valence electrons. The first-order chi connectivity index (χ1) is 14.3. The minimum Gasteiger partial charge on any atom is -0.355 e. The molecule has 1 N–H and O–H groups in total. The topological polar surface area (TPSA) is 71.0 Å². The van der Waals surface area contributed by atoms with Crippen molar-refractivity contribution < 1.29 is 4.79 Å². The van der Waals surface area contributed by atoms with Crippen LogP contribution in [-0.4, -0.2) is 33.9 Å². The zero-order chi connectivity index (χ0) is 19.9. The van der Waals surface area contributed by atoms with E-state index >= 15 is 0 Å². The molecule has 1 unspecified atom stereocenters. The first kappa shape index (κ1) is 18.6. The molecule has 29 heavy (non-hydrogen) atoms. The van der Waals surface area contributed by atoms with Gasteiger partial charge in [0.05, 0.1) is 12.1 Å². The Labute approximate surface area is 170 Å². The van der Waals surface area contributed by atoms with Crippen LogP contribution >= 0.6 is 0 Å². The largest absolute Gasteiger partial charge is 0.355 e. The molecule has 6 heteroatoms. The van der Waals surface area contributed by atoms with Crippen molar-refractivity contribution in [2.24, 2.45) is 5.92 Å². The molecular formula is C23H21N5O. The highest BCUT2D eigenvalue weighted by atomic mass is 16.1. The smallest absolute Gasteiger partial charge is 0.229 e. The van der Waals surface area contributed by atoms with E-state index in [1.165, 1.54) is 0 Å². The normalized spacial score (nSPS) is 15.9. The number of pyridine rings is 1. The number of nitrogens with one attached hydrogen (secondary N) is 1.